The largest absolute Gasteiger partial charge is 0.493 e. The highest BCUT2D eigenvalue weighted by Crippen LogP contribution is 2.39. The molecule has 1 aliphatic heterocycles. The Morgan fingerprint density at radius 1 is 1.00 bits per heavy atom. The predicted molar refractivity (Wildman–Crippen MR) is 66.2 cm³/mol. The van der Waals surface area contributed by atoms with Crippen LogP contribution in [0, 0.1) is 0 Å². The van der Waals surface area contributed by atoms with Crippen molar-refractivity contribution >= 4 is 0 Å². The number of nitrogens with zero attached hydrogens (tertiary/aromatic N) is 1. The number of hydrogen-bond donors (Lipinski definition) is 0. The van der Waals surface area contributed by atoms with Crippen LogP contribution < -0.4 is 14.2 Å². The summed E-state index contributed by atoms with van der Waals surface area (Å²) >= 11 is 0. The fraction of sp³-hybridized carbons (Fsp3) is 0.538. The Labute approximate surface area is 102 Å². The molecule has 1 aromatic carbocycles. The van der Waals surface area contributed by atoms with Crippen LogP contribution in [0.4, 0.5) is 0 Å². The topological polar surface area (TPSA) is 30.7 Å². The van der Waals surface area contributed by atoms with E-state index in [2.05, 4.69) is 4.90 Å². The van der Waals surface area contributed by atoms with E-state index in [0.29, 0.717) is 11.5 Å². The van der Waals surface area contributed by atoms with Crippen LogP contribution in [0.15, 0.2) is 12.1 Å². The zero-order chi connectivity index (χ0) is 12.3. The van der Waals surface area contributed by atoms with Crippen LogP contribution in [0.1, 0.15) is 5.56 Å². The lowest BCUT2D eigenvalue weighted by Crippen LogP contribution is -2.05. The maximum atomic E-state index is 5.44. The zero-order valence-corrected chi connectivity index (χ0v) is 10.7. The number of ether oxygens (including phenoxy) is 3. The molecule has 0 amide bonds. The Morgan fingerprint density at radius 3 is 2.24 bits per heavy atom. The second-order valence-electron chi connectivity index (χ2n) is 4.09. The molecule has 0 radical (unpaired) electrons. The highest BCUT2D eigenvalue weighted by molar-refractivity contribution is 5.55. The van der Waals surface area contributed by atoms with Crippen LogP contribution in [0.25, 0.3) is 0 Å². The first kappa shape index (κ1) is 12.0. The first-order valence-electron chi connectivity index (χ1n) is 5.80. The lowest BCUT2D eigenvalue weighted by Gasteiger charge is -2.15. The summed E-state index contributed by atoms with van der Waals surface area (Å²) in [6.07, 6.45) is 0.976. The molecule has 1 aromatic rings. The van der Waals surface area contributed by atoms with E-state index in [-0.39, 0.29) is 0 Å². The molecular formula is C13H19NO3. The Balaban J connectivity index is 2.23. The van der Waals surface area contributed by atoms with Crippen LogP contribution in [0.5, 0.6) is 17.2 Å². The molecule has 0 spiro atoms. The van der Waals surface area contributed by atoms with Crippen LogP contribution in [-0.2, 0) is 6.42 Å². The SMILES string of the molecule is COc1ccc(CCN2CC2)c(OC)c1OC. The molecule has 0 N–H and O–H groups in total. The van der Waals surface area contributed by atoms with Crippen molar-refractivity contribution in [3.05, 3.63) is 17.7 Å². The van der Waals surface area contributed by atoms with Crippen molar-refractivity contribution < 1.29 is 14.2 Å². The van der Waals surface area contributed by atoms with Gasteiger partial charge >= 0.3 is 0 Å². The molecule has 4 heteroatoms. The van der Waals surface area contributed by atoms with Gasteiger partial charge in [-0.2, -0.15) is 0 Å². The van der Waals surface area contributed by atoms with Crippen molar-refractivity contribution in [2.45, 2.75) is 6.42 Å². The fourth-order valence-electron chi connectivity index (χ4n) is 1.93. The number of rotatable bonds is 6. The normalized spacial score (nSPS) is 14.5. The molecule has 0 unspecified atom stereocenters. The van der Waals surface area contributed by atoms with Crippen LogP contribution in [0.3, 0.4) is 0 Å². The standard InChI is InChI=1S/C13H19NO3/c1-15-11-5-4-10(6-7-14-8-9-14)12(16-2)13(11)17-3/h4-5H,6-9H2,1-3H3. The summed E-state index contributed by atoms with van der Waals surface area (Å²) in [5.41, 5.74) is 1.16. The van der Waals surface area contributed by atoms with Gasteiger partial charge in [0.05, 0.1) is 21.3 Å². The summed E-state index contributed by atoms with van der Waals surface area (Å²) in [4.78, 5) is 2.39. The Hall–Kier alpha value is -1.42. The van der Waals surface area contributed by atoms with Crippen molar-refractivity contribution in [3.63, 3.8) is 0 Å². The van der Waals surface area contributed by atoms with Crippen molar-refractivity contribution in [1.82, 2.24) is 4.90 Å². The van der Waals surface area contributed by atoms with Gasteiger partial charge in [0.25, 0.3) is 0 Å². The summed E-state index contributed by atoms with van der Waals surface area (Å²) in [5, 5.41) is 0. The van der Waals surface area contributed by atoms with Crippen molar-refractivity contribution in [1.29, 1.82) is 0 Å². The second-order valence-corrected chi connectivity index (χ2v) is 4.09. The van der Waals surface area contributed by atoms with E-state index < -0.39 is 0 Å². The maximum absolute atomic E-state index is 5.44. The van der Waals surface area contributed by atoms with Gasteiger partial charge in [-0.25, -0.2) is 0 Å². The molecule has 0 bridgehead atoms. The number of methoxy groups -OCH3 is 3. The van der Waals surface area contributed by atoms with Gasteiger partial charge in [0.15, 0.2) is 11.5 Å². The molecule has 1 fully saturated rings. The van der Waals surface area contributed by atoms with Gasteiger partial charge in [-0.3, -0.25) is 0 Å². The van der Waals surface area contributed by atoms with Crippen molar-refractivity contribution in [2.24, 2.45) is 0 Å². The Kier molecular flexibility index (Phi) is 3.74. The third kappa shape index (κ3) is 2.64. The molecule has 94 valence electrons. The highest BCUT2D eigenvalue weighted by Gasteiger charge is 2.19. The quantitative estimate of drug-likeness (QED) is 0.703. The van der Waals surface area contributed by atoms with Crippen molar-refractivity contribution in [2.75, 3.05) is 41.0 Å². The smallest absolute Gasteiger partial charge is 0.203 e. The molecule has 1 heterocycles. The molecule has 0 saturated carbocycles. The lowest BCUT2D eigenvalue weighted by atomic mass is 10.1. The average molecular weight is 237 g/mol. The first-order chi connectivity index (χ1) is 8.30. The molecule has 4 nitrogen and oxygen atoms in total. The molecule has 2 rings (SSSR count). The van der Waals surface area contributed by atoms with Gasteiger partial charge in [0.2, 0.25) is 5.75 Å². The summed E-state index contributed by atoms with van der Waals surface area (Å²) < 4.78 is 16.1. The minimum absolute atomic E-state index is 0.679. The van der Waals surface area contributed by atoms with Gasteiger partial charge in [0, 0.05) is 19.6 Å². The summed E-state index contributed by atoms with van der Waals surface area (Å²) in [7, 11) is 4.93. The van der Waals surface area contributed by atoms with E-state index in [9.17, 15) is 0 Å². The minimum atomic E-state index is 0.679. The van der Waals surface area contributed by atoms with Crippen molar-refractivity contribution in [3.8, 4) is 17.2 Å². The summed E-state index contributed by atoms with van der Waals surface area (Å²) in [6.45, 7) is 3.51. The van der Waals surface area contributed by atoms with E-state index >= 15 is 0 Å². The molecule has 1 saturated heterocycles. The lowest BCUT2D eigenvalue weighted by molar-refractivity contribution is 0.321. The van der Waals surface area contributed by atoms with Crippen LogP contribution in [-0.4, -0.2) is 45.9 Å². The number of hydrogen-bond acceptors (Lipinski definition) is 4. The van der Waals surface area contributed by atoms with Gasteiger partial charge in [-0.05, 0) is 18.1 Å². The molecule has 0 atom stereocenters. The van der Waals surface area contributed by atoms with Crippen LogP contribution in [0.2, 0.25) is 0 Å². The molecule has 0 aromatic heterocycles. The highest BCUT2D eigenvalue weighted by atomic mass is 16.5. The average Bonchev–Trinajstić information content (AvgIpc) is 3.18. The predicted octanol–water partition coefficient (Wildman–Crippen LogP) is 1.57. The minimum Gasteiger partial charge on any atom is -0.493 e. The molecule has 1 aliphatic rings. The molecular weight excluding hydrogens is 218 g/mol. The molecule has 0 aliphatic carbocycles. The second kappa shape index (κ2) is 5.27. The van der Waals surface area contributed by atoms with Gasteiger partial charge < -0.3 is 19.1 Å². The van der Waals surface area contributed by atoms with Crippen LogP contribution >= 0.6 is 0 Å². The summed E-state index contributed by atoms with van der Waals surface area (Å²) in [5.74, 6) is 2.17. The van der Waals surface area contributed by atoms with Gasteiger partial charge in [-0.1, -0.05) is 6.07 Å². The van der Waals surface area contributed by atoms with Gasteiger partial charge in [-0.15, -0.1) is 0 Å². The fourth-order valence-corrected chi connectivity index (χ4v) is 1.93. The Bertz CT molecular complexity index is 388. The zero-order valence-electron chi connectivity index (χ0n) is 10.7. The Morgan fingerprint density at radius 2 is 1.71 bits per heavy atom. The third-order valence-corrected chi connectivity index (χ3v) is 3.02. The van der Waals surface area contributed by atoms with E-state index in [1.165, 1.54) is 13.1 Å². The van der Waals surface area contributed by atoms with Gasteiger partial charge in [0.1, 0.15) is 0 Å². The van der Waals surface area contributed by atoms with E-state index in [0.717, 1.165) is 24.3 Å². The third-order valence-electron chi connectivity index (χ3n) is 3.02. The molecule has 17 heavy (non-hydrogen) atoms. The van der Waals surface area contributed by atoms with E-state index in [4.69, 9.17) is 14.2 Å². The monoisotopic (exact) mass is 237 g/mol. The first-order valence-corrected chi connectivity index (χ1v) is 5.80. The van der Waals surface area contributed by atoms with E-state index in [1.54, 1.807) is 21.3 Å². The van der Waals surface area contributed by atoms with E-state index in [1.807, 2.05) is 12.1 Å². The summed E-state index contributed by atoms with van der Waals surface area (Å²) in [6, 6.07) is 3.97. The number of benzene rings is 1. The maximum Gasteiger partial charge on any atom is 0.203 e.